The fourth-order valence-corrected chi connectivity index (χ4v) is 5.11. The number of ether oxygens (including phenoxy) is 2. The minimum Gasteiger partial charge on any atom is -0.466 e. The number of esters is 2. The van der Waals surface area contributed by atoms with Crippen molar-refractivity contribution >= 4 is 11.9 Å². The van der Waals surface area contributed by atoms with Gasteiger partial charge < -0.3 is 20.9 Å². The van der Waals surface area contributed by atoms with Crippen LogP contribution in [0.2, 0.25) is 0 Å². The van der Waals surface area contributed by atoms with E-state index in [-0.39, 0.29) is 24.2 Å². The van der Waals surface area contributed by atoms with Crippen LogP contribution in [-0.2, 0) is 29.9 Å². The second-order valence-corrected chi connectivity index (χ2v) is 7.04. The molecular weight excluding hydrogens is 356 g/mol. The summed E-state index contributed by atoms with van der Waals surface area (Å²) < 4.78 is 10.2. The van der Waals surface area contributed by atoms with Gasteiger partial charge in [-0.2, -0.15) is 0 Å². The molecule has 0 amide bonds. The Morgan fingerprint density at radius 3 is 1.21 bits per heavy atom. The van der Waals surface area contributed by atoms with E-state index >= 15 is 0 Å². The number of benzene rings is 2. The third-order valence-corrected chi connectivity index (χ3v) is 6.19. The van der Waals surface area contributed by atoms with Crippen molar-refractivity contribution < 1.29 is 19.1 Å². The number of nitrogens with two attached hydrogens (primary N) is 2. The second kappa shape index (κ2) is 6.29. The third-order valence-electron chi connectivity index (χ3n) is 6.19. The molecule has 0 aliphatic heterocycles. The van der Waals surface area contributed by atoms with Crippen LogP contribution in [0.1, 0.15) is 22.3 Å². The average molecular weight is 378 g/mol. The van der Waals surface area contributed by atoms with E-state index in [2.05, 4.69) is 0 Å². The monoisotopic (exact) mass is 378 g/mol. The molecule has 2 bridgehead atoms. The maximum atomic E-state index is 13.0. The van der Waals surface area contributed by atoms with Crippen LogP contribution in [-0.4, -0.2) is 39.2 Å². The van der Waals surface area contributed by atoms with Crippen molar-refractivity contribution in [1.29, 1.82) is 0 Å². The zero-order valence-electron chi connectivity index (χ0n) is 15.8. The van der Waals surface area contributed by atoms with Crippen molar-refractivity contribution in [1.82, 2.24) is 0 Å². The molecule has 0 aromatic heterocycles. The molecule has 0 saturated heterocycles. The van der Waals surface area contributed by atoms with Gasteiger partial charge in [0.1, 0.15) is 0 Å². The predicted octanol–water partition coefficient (Wildman–Crippen LogP) is 1.15. The topological polar surface area (TPSA) is 105 Å². The van der Waals surface area contributed by atoms with Gasteiger partial charge >= 0.3 is 11.9 Å². The standard InChI is InChI=1S/C22H22N2O4/c1-27-19(25)17-18(20(26)28-2)22(12-24)15-9-5-3-7-13(15)21(17,11-23)14-8-4-6-10-16(14)22/h3-10H,11-12,23-24H2,1-2H3. The van der Waals surface area contributed by atoms with Crippen LogP contribution in [0, 0.1) is 0 Å². The van der Waals surface area contributed by atoms with Crippen molar-refractivity contribution in [3.63, 3.8) is 0 Å². The van der Waals surface area contributed by atoms with E-state index in [0.29, 0.717) is 0 Å². The van der Waals surface area contributed by atoms with E-state index in [9.17, 15) is 9.59 Å². The van der Waals surface area contributed by atoms with Gasteiger partial charge in [0.2, 0.25) is 0 Å². The minimum atomic E-state index is -1.01. The summed E-state index contributed by atoms with van der Waals surface area (Å²) in [6, 6.07) is 15.4. The summed E-state index contributed by atoms with van der Waals surface area (Å²) in [6.07, 6.45) is 0. The summed E-state index contributed by atoms with van der Waals surface area (Å²) in [5.74, 6) is -1.21. The Morgan fingerprint density at radius 1 is 0.714 bits per heavy atom. The van der Waals surface area contributed by atoms with Crippen LogP contribution in [0.15, 0.2) is 59.7 Å². The summed E-state index contributed by atoms with van der Waals surface area (Å²) in [6.45, 7) is 0.180. The lowest BCUT2D eigenvalue weighted by atomic mass is 9.47. The van der Waals surface area contributed by atoms with Crippen molar-refractivity contribution in [2.75, 3.05) is 27.3 Å². The number of carbonyl (C=O) groups is 2. The molecule has 4 N–H and O–H groups in total. The number of methoxy groups -OCH3 is 2. The van der Waals surface area contributed by atoms with Crippen LogP contribution in [0.5, 0.6) is 0 Å². The first-order valence-corrected chi connectivity index (χ1v) is 9.06. The van der Waals surface area contributed by atoms with E-state index in [1.807, 2.05) is 48.5 Å². The zero-order chi connectivity index (χ0) is 20.1. The molecule has 5 rings (SSSR count). The summed E-state index contributed by atoms with van der Waals surface area (Å²) >= 11 is 0. The summed E-state index contributed by atoms with van der Waals surface area (Å²) in [4.78, 5) is 26.1. The second-order valence-electron chi connectivity index (χ2n) is 7.04. The predicted molar refractivity (Wildman–Crippen MR) is 104 cm³/mol. The van der Waals surface area contributed by atoms with Crippen molar-refractivity contribution in [3.8, 4) is 0 Å². The minimum absolute atomic E-state index is 0.0899. The lowest BCUT2D eigenvalue weighted by Crippen LogP contribution is -2.59. The van der Waals surface area contributed by atoms with E-state index < -0.39 is 22.8 Å². The number of hydrogen-bond acceptors (Lipinski definition) is 6. The Bertz CT molecular complexity index is 897. The van der Waals surface area contributed by atoms with Crippen molar-refractivity contribution in [2.24, 2.45) is 11.5 Å². The first kappa shape index (κ1) is 18.4. The molecule has 6 heteroatoms. The molecule has 0 fully saturated rings. The quantitative estimate of drug-likeness (QED) is 0.774. The zero-order valence-corrected chi connectivity index (χ0v) is 15.8. The van der Waals surface area contributed by atoms with Crippen LogP contribution < -0.4 is 11.5 Å². The maximum absolute atomic E-state index is 13.0. The van der Waals surface area contributed by atoms with E-state index in [1.165, 1.54) is 14.2 Å². The lowest BCUT2D eigenvalue weighted by molar-refractivity contribution is -0.140. The van der Waals surface area contributed by atoms with Crippen LogP contribution in [0.3, 0.4) is 0 Å². The fourth-order valence-electron chi connectivity index (χ4n) is 5.11. The molecule has 0 heterocycles. The highest BCUT2D eigenvalue weighted by atomic mass is 16.5. The average Bonchev–Trinajstić information content (AvgIpc) is 2.77. The highest BCUT2D eigenvalue weighted by molar-refractivity contribution is 6.08. The van der Waals surface area contributed by atoms with Gasteiger partial charge in [-0.05, 0) is 22.3 Å². The molecular formula is C22H22N2O4. The molecule has 0 atom stereocenters. The first-order valence-electron chi connectivity index (χ1n) is 9.06. The van der Waals surface area contributed by atoms with E-state index in [4.69, 9.17) is 20.9 Å². The third kappa shape index (κ3) is 1.89. The number of rotatable bonds is 4. The van der Waals surface area contributed by atoms with Crippen molar-refractivity contribution in [2.45, 2.75) is 10.8 Å². The molecule has 2 aromatic rings. The Kier molecular flexibility index (Phi) is 4.14. The molecule has 0 saturated carbocycles. The lowest BCUT2D eigenvalue weighted by Gasteiger charge is -2.55. The molecule has 28 heavy (non-hydrogen) atoms. The van der Waals surface area contributed by atoms with Gasteiger partial charge in [-0.25, -0.2) is 9.59 Å². The first-order chi connectivity index (χ1) is 13.5. The molecule has 3 aliphatic rings. The molecule has 3 aliphatic carbocycles. The van der Waals surface area contributed by atoms with Gasteiger partial charge in [0.15, 0.2) is 0 Å². The smallest absolute Gasteiger partial charge is 0.335 e. The fraction of sp³-hybridized carbons (Fsp3) is 0.273. The summed E-state index contributed by atoms with van der Waals surface area (Å²) in [5.41, 5.74) is 14.6. The van der Waals surface area contributed by atoms with Gasteiger partial charge in [-0.3, -0.25) is 0 Å². The Hall–Kier alpha value is -2.96. The highest BCUT2D eigenvalue weighted by Gasteiger charge is 2.62. The van der Waals surface area contributed by atoms with Gasteiger partial charge in [-0.15, -0.1) is 0 Å². The Labute approximate surface area is 163 Å². The molecule has 0 radical (unpaired) electrons. The number of carbonyl (C=O) groups excluding carboxylic acids is 2. The summed E-state index contributed by atoms with van der Waals surface area (Å²) in [5, 5.41) is 0. The Morgan fingerprint density at radius 2 is 1.00 bits per heavy atom. The summed E-state index contributed by atoms with van der Waals surface area (Å²) in [7, 11) is 2.59. The maximum Gasteiger partial charge on any atom is 0.335 e. The normalized spacial score (nSPS) is 24.4. The van der Waals surface area contributed by atoms with E-state index in [0.717, 1.165) is 22.3 Å². The highest BCUT2D eigenvalue weighted by Crippen LogP contribution is 2.61. The van der Waals surface area contributed by atoms with Crippen LogP contribution in [0.4, 0.5) is 0 Å². The Balaban J connectivity index is 2.29. The molecule has 0 unspecified atom stereocenters. The van der Waals surface area contributed by atoms with Gasteiger partial charge in [-0.1, -0.05) is 48.5 Å². The van der Waals surface area contributed by atoms with Crippen molar-refractivity contribution in [3.05, 3.63) is 81.9 Å². The molecule has 0 spiro atoms. The SMILES string of the molecule is COC(=O)C1=C(C(=O)OC)C2(CN)c3ccccc3C1(CN)c1ccccc12. The molecule has 2 aromatic carbocycles. The van der Waals surface area contributed by atoms with Crippen LogP contribution in [0.25, 0.3) is 0 Å². The van der Waals surface area contributed by atoms with Gasteiger partial charge in [0.05, 0.1) is 36.2 Å². The van der Waals surface area contributed by atoms with Crippen LogP contribution >= 0.6 is 0 Å². The molecule has 6 nitrogen and oxygen atoms in total. The van der Waals surface area contributed by atoms with Gasteiger partial charge in [0.25, 0.3) is 0 Å². The largest absolute Gasteiger partial charge is 0.466 e. The molecule has 144 valence electrons. The van der Waals surface area contributed by atoms with E-state index in [1.54, 1.807) is 0 Å². The number of hydrogen-bond donors (Lipinski definition) is 2. The van der Waals surface area contributed by atoms with Gasteiger partial charge in [0, 0.05) is 13.1 Å².